The van der Waals surface area contributed by atoms with Crippen LogP contribution in [0.1, 0.15) is 18.1 Å². The Bertz CT molecular complexity index is 1290. The lowest BCUT2D eigenvalue weighted by Gasteiger charge is -2.15. The Morgan fingerprint density at radius 3 is 2.59 bits per heavy atom. The number of ether oxygens (including phenoxy) is 2. The maximum absolute atomic E-state index is 14.0. The van der Waals surface area contributed by atoms with Gasteiger partial charge in [-0.3, -0.25) is 4.79 Å². The standard InChI is InChI=1S/C25H18Cl2FIN2O3/c1-2-33-23-11-15(10-22(29)24(23)34-14-16-5-3-4-6-21(16)28)9-17(13-30)25(32)31-18-7-8-19(26)20(27)12-18/h3-12H,2,14H2,1H3,(H,31,32)/b17-9+. The summed E-state index contributed by atoms with van der Waals surface area (Å²) in [5, 5.41) is 12.8. The summed E-state index contributed by atoms with van der Waals surface area (Å²) >= 11 is 13.9. The zero-order valence-corrected chi connectivity index (χ0v) is 21.5. The maximum atomic E-state index is 14.0. The molecule has 1 N–H and O–H groups in total. The van der Waals surface area contributed by atoms with Crippen molar-refractivity contribution in [2.75, 3.05) is 11.9 Å². The second-order valence-corrected chi connectivity index (χ2v) is 8.87. The van der Waals surface area contributed by atoms with E-state index in [4.69, 9.17) is 32.7 Å². The average Bonchev–Trinajstić information content (AvgIpc) is 2.80. The molecule has 5 nitrogen and oxygen atoms in total. The van der Waals surface area contributed by atoms with Crippen molar-refractivity contribution >= 4 is 63.5 Å². The lowest BCUT2D eigenvalue weighted by molar-refractivity contribution is -0.112. The van der Waals surface area contributed by atoms with Crippen molar-refractivity contribution in [1.82, 2.24) is 0 Å². The molecule has 174 valence electrons. The van der Waals surface area contributed by atoms with Crippen LogP contribution in [0.5, 0.6) is 11.5 Å². The van der Waals surface area contributed by atoms with Crippen molar-refractivity contribution < 1.29 is 18.7 Å². The summed E-state index contributed by atoms with van der Waals surface area (Å²) in [5.74, 6) is -0.101. The number of hydrogen-bond acceptors (Lipinski definition) is 4. The first-order valence-corrected chi connectivity index (χ1v) is 11.9. The summed E-state index contributed by atoms with van der Waals surface area (Å²) in [4.78, 5) is 12.6. The Morgan fingerprint density at radius 2 is 1.91 bits per heavy atom. The third kappa shape index (κ3) is 6.63. The highest BCUT2D eigenvalue weighted by molar-refractivity contribution is 14.1. The number of halogens is 4. The van der Waals surface area contributed by atoms with Crippen LogP contribution in [-0.4, -0.2) is 12.5 Å². The molecule has 3 aromatic rings. The van der Waals surface area contributed by atoms with E-state index in [2.05, 4.69) is 27.9 Å². The topological polar surface area (TPSA) is 71.3 Å². The molecule has 0 radical (unpaired) electrons. The lowest BCUT2D eigenvalue weighted by atomic mass is 10.1. The molecule has 0 bridgehead atoms. The van der Waals surface area contributed by atoms with Crippen LogP contribution >= 0.6 is 45.8 Å². The van der Waals surface area contributed by atoms with Crippen LogP contribution in [-0.2, 0) is 11.4 Å². The normalized spacial score (nSPS) is 11.0. The van der Waals surface area contributed by atoms with Gasteiger partial charge in [0.2, 0.25) is 0 Å². The number of nitrogens with one attached hydrogen (secondary N) is 1. The van der Waals surface area contributed by atoms with Gasteiger partial charge in [0.25, 0.3) is 5.91 Å². The number of carbonyl (C=O) groups is 1. The highest BCUT2D eigenvalue weighted by Crippen LogP contribution is 2.36. The van der Waals surface area contributed by atoms with Gasteiger partial charge < -0.3 is 14.8 Å². The van der Waals surface area contributed by atoms with Gasteiger partial charge in [-0.2, -0.15) is 5.26 Å². The molecule has 3 rings (SSSR count). The molecule has 0 heterocycles. The number of carbonyl (C=O) groups excluding carboxylic acids is 1. The minimum Gasteiger partial charge on any atom is -0.490 e. The van der Waals surface area contributed by atoms with Gasteiger partial charge in [0.05, 0.1) is 20.2 Å². The monoisotopic (exact) mass is 610 g/mol. The molecule has 0 saturated carbocycles. The van der Waals surface area contributed by atoms with Crippen molar-refractivity contribution in [3.8, 4) is 17.6 Å². The van der Waals surface area contributed by atoms with Gasteiger partial charge in [0, 0.05) is 11.3 Å². The Morgan fingerprint density at radius 1 is 1.15 bits per heavy atom. The van der Waals surface area contributed by atoms with Crippen molar-refractivity contribution in [1.29, 1.82) is 5.26 Å². The molecular formula is C25H18Cl2FIN2O3. The summed E-state index contributed by atoms with van der Waals surface area (Å²) in [6, 6.07) is 16.3. The molecule has 0 aliphatic rings. The van der Waals surface area contributed by atoms with Gasteiger partial charge in [0.1, 0.15) is 24.1 Å². The second-order valence-electron chi connectivity index (χ2n) is 6.90. The van der Waals surface area contributed by atoms with E-state index in [0.29, 0.717) is 43.5 Å². The lowest BCUT2D eigenvalue weighted by Crippen LogP contribution is -2.13. The van der Waals surface area contributed by atoms with E-state index in [1.54, 1.807) is 42.5 Å². The van der Waals surface area contributed by atoms with Gasteiger partial charge >= 0.3 is 0 Å². The highest BCUT2D eigenvalue weighted by atomic mass is 127. The summed E-state index contributed by atoms with van der Waals surface area (Å²) in [5.41, 5.74) is 1.26. The number of amides is 1. The summed E-state index contributed by atoms with van der Waals surface area (Å²) in [6.07, 6.45) is 1.44. The third-order valence-corrected chi connectivity index (χ3v) is 6.06. The van der Waals surface area contributed by atoms with E-state index < -0.39 is 5.91 Å². The van der Waals surface area contributed by atoms with Crippen LogP contribution in [0.25, 0.3) is 6.08 Å². The van der Waals surface area contributed by atoms with E-state index >= 15 is 0 Å². The van der Waals surface area contributed by atoms with E-state index in [-0.39, 0.29) is 23.0 Å². The number of rotatable bonds is 8. The first-order chi connectivity index (χ1) is 16.3. The fourth-order valence-corrected chi connectivity index (χ4v) is 4.01. The zero-order valence-electron chi connectivity index (χ0n) is 17.9. The van der Waals surface area contributed by atoms with Gasteiger partial charge in [0.15, 0.2) is 11.5 Å². The van der Waals surface area contributed by atoms with Crippen LogP contribution < -0.4 is 14.8 Å². The van der Waals surface area contributed by atoms with Crippen LogP contribution in [0, 0.1) is 20.7 Å². The van der Waals surface area contributed by atoms with E-state index in [1.807, 2.05) is 13.0 Å². The molecule has 3 aromatic carbocycles. The molecule has 0 fully saturated rings. The Labute approximate surface area is 220 Å². The molecule has 0 aromatic heterocycles. The molecule has 0 spiro atoms. The average molecular weight is 611 g/mol. The van der Waals surface area contributed by atoms with E-state index in [0.717, 1.165) is 0 Å². The first-order valence-electron chi connectivity index (χ1n) is 10.0. The maximum Gasteiger partial charge on any atom is 0.266 e. The first kappa shape index (κ1) is 25.8. The van der Waals surface area contributed by atoms with Crippen molar-refractivity contribution in [3.63, 3.8) is 0 Å². The Kier molecular flexibility index (Phi) is 9.16. The molecule has 34 heavy (non-hydrogen) atoms. The summed E-state index contributed by atoms with van der Waals surface area (Å²) in [6.45, 7) is 2.21. The Hall–Kier alpha value is -2.80. The predicted molar refractivity (Wildman–Crippen MR) is 140 cm³/mol. The van der Waals surface area contributed by atoms with Crippen LogP contribution in [0.2, 0.25) is 10.0 Å². The highest BCUT2D eigenvalue weighted by Gasteiger charge is 2.15. The Balaban J connectivity index is 1.86. The van der Waals surface area contributed by atoms with Gasteiger partial charge in [-0.25, -0.2) is 4.39 Å². The molecule has 0 saturated heterocycles. The number of nitriles is 1. The summed E-state index contributed by atoms with van der Waals surface area (Å²) < 4.78 is 26.2. The van der Waals surface area contributed by atoms with E-state index in [9.17, 15) is 14.4 Å². The van der Waals surface area contributed by atoms with E-state index in [1.165, 1.54) is 18.2 Å². The number of hydrogen-bond donors (Lipinski definition) is 1. The van der Waals surface area contributed by atoms with Crippen molar-refractivity contribution in [2.45, 2.75) is 13.5 Å². The smallest absolute Gasteiger partial charge is 0.266 e. The largest absolute Gasteiger partial charge is 0.490 e. The zero-order chi connectivity index (χ0) is 24.7. The number of anilines is 1. The minimum atomic E-state index is -0.603. The third-order valence-electron chi connectivity index (χ3n) is 4.52. The number of benzene rings is 3. The van der Waals surface area contributed by atoms with Crippen molar-refractivity contribution in [2.24, 2.45) is 0 Å². The van der Waals surface area contributed by atoms with Crippen LogP contribution in [0.4, 0.5) is 10.1 Å². The fraction of sp³-hybridized carbons (Fsp3) is 0.120. The van der Waals surface area contributed by atoms with Gasteiger partial charge in [-0.05, 0) is 77.6 Å². The van der Waals surface area contributed by atoms with Gasteiger partial charge in [-0.15, -0.1) is 0 Å². The molecule has 0 atom stereocenters. The molecule has 0 unspecified atom stereocenters. The van der Waals surface area contributed by atoms with Crippen LogP contribution in [0.15, 0.2) is 60.2 Å². The quantitative estimate of drug-likeness (QED) is 0.166. The summed E-state index contributed by atoms with van der Waals surface area (Å²) in [7, 11) is 0. The second kappa shape index (κ2) is 12.1. The molecule has 0 aliphatic carbocycles. The SMILES string of the molecule is CCOc1cc(/C=C(\C#N)C(=O)Nc2ccc(Cl)c(Cl)c2)cc(I)c1OCc1ccccc1F. The molecule has 9 heteroatoms. The van der Waals surface area contributed by atoms with Crippen molar-refractivity contribution in [3.05, 3.63) is 90.7 Å². The minimum absolute atomic E-state index is 0.0213. The predicted octanol–water partition coefficient (Wildman–Crippen LogP) is 7.26. The van der Waals surface area contributed by atoms with Gasteiger partial charge in [-0.1, -0.05) is 41.4 Å². The molecular weight excluding hydrogens is 593 g/mol. The molecule has 0 aliphatic heterocycles. The molecule has 1 amide bonds. The number of nitrogens with zero attached hydrogens (tertiary/aromatic N) is 1. The van der Waals surface area contributed by atoms with Crippen LogP contribution in [0.3, 0.4) is 0 Å². The fourth-order valence-electron chi connectivity index (χ4n) is 2.93.